The van der Waals surface area contributed by atoms with Crippen LogP contribution >= 0.6 is 15.9 Å². The van der Waals surface area contributed by atoms with Crippen LogP contribution in [0.5, 0.6) is 0 Å². The highest BCUT2D eigenvalue weighted by Crippen LogP contribution is 2.61. The number of hydrogen-bond acceptors (Lipinski definition) is 7. The summed E-state index contributed by atoms with van der Waals surface area (Å²) in [4.78, 5) is 58.3. The van der Waals surface area contributed by atoms with Crippen LogP contribution in [0.4, 0.5) is 0 Å². The van der Waals surface area contributed by atoms with E-state index in [-0.39, 0.29) is 60.0 Å². The lowest BCUT2D eigenvalue weighted by atomic mass is 9.70. The van der Waals surface area contributed by atoms with Crippen LogP contribution in [0.2, 0.25) is 0 Å². The van der Waals surface area contributed by atoms with Crippen LogP contribution in [-0.2, 0) is 28.7 Å². The molecule has 2 N–H and O–H groups in total. The lowest BCUT2D eigenvalue weighted by molar-refractivity contribution is -0.161. The number of alkyl halides is 1. The molecule has 3 fully saturated rings. The first kappa shape index (κ1) is 37.2. The smallest absolute Gasteiger partial charge is 0.312 e. The maximum absolute atomic E-state index is 14.9. The Bertz CT molecular complexity index is 1150. The van der Waals surface area contributed by atoms with E-state index >= 15 is 0 Å². The molecule has 3 aliphatic rings. The van der Waals surface area contributed by atoms with E-state index in [0.29, 0.717) is 19.3 Å². The third-order valence-electron chi connectivity index (χ3n) is 9.30. The Morgan fingerprint density at radius 3 is 2.38 bits per heavy atom. The fourth-order valence-corrected chi connectivity index (χ4v) is 8.74. The Labute approximate surface area is 277 Å². The lowest BCUT2D eigenvalue weighted by Gasteiger charge is -2.47. The van der Waals surface area contributed by atoms with E-state index in [2.05, 4.69) is 55.2 Å². The average Bonchev–Trinajstić information content (AvgIpc) is 3.51. The maximum atomic E-state index is 14.9. The number of rotatable bonds is 15. The summed E-state index contributed by atoms with van der Waals surface area (Å²) in [5, 5.41) is 13.3. The van der Waals surface area contributed by atoms with Crippen molar-refractivity contribution >= 4 is 39.6 Å². The van der Waals surface area contributed by atoms with Crippen LogP contribution in [0.3, 0.4) is 0 Å². The zero-order valence-electron chi connectivity index (χ0n) is 28.3. The number of carbonyl (C=O) groups is 4. The van der Waals surface area contributed by atoms with Crippen LogP contribution in [-0.4, -0.2) is 98.6 Å². The Balaban J connectivity index is 2.02. The van der Waals surface area contributed by atoms with Gasteiger partial charge in [-0.05, 0) is 51.4 Å². The molecule has 8 atom stereocenters. The fourth-order valence-electron chi connectivity index (χ4n) is 7.80. The van der Waals surface area contributed by atoms with Gasteiger partial charge in [0.15, 0.2) is 0 Å². The molecule has 3 amide bonds. The molecule has 45 heavy (non-hydrogen) atoms. The monoisotopic (exact) mass is 695 g/mol. The number of allylic oxidation sites excluding steroid dienone is 1. The quantitative estimate of drug-likeness (QED) is 0.151. The van der Waals surface area contributed by atoms with E-state index in [1.54, 1.807) is 24.0 Å². The molecule has 254 valence electrons. The van der Waals surface area contributed by atoms with Crippen molar-refractivity contribution in [1.82, 2.24) is 15.1 Å². The van der Waals surface area contributed by atoms with Gasteiger partial charge in [0.1, 0.15) is 17.7 Å². The van der Waals surface area contributed by atoms with Gasteiger partial charge in [-0.15, -0.1) is 13.2 Å². The number of nitrogens with zero attached hydrogens (tertiary/aromatic N) is 2. The Kier molecular flexibility index (Phi) is 11.8. The summed E-state index contributed by atoms with van der Waals surface area (Å²) >= 11 is 3.70. The predicted molar refractivity (Wildman–Crippen MR) is 176 cm³/mol. The molecule has 1 spiro atoms. The zero-order valence-corrected chi connectivity index (χ0v) is 29.9. The number of fused-ring (bicyclic) bond motifs is 1. The van der Waals surface area contributed by atoms with E-state index in [9.17, 15) is 24.3 Å². The molecule has 0 aromatic heterocycles. The predicted octanol–water partition coefficient (Wildman–Crippen LogP) is 3.99. The van der Waals surface area contributed by atoms with Crippen molar-refractivity contribution in [2.24, 2.45) is 23.2 Å². The number of nitrogens with one attached hydrogen (secondary N) is 1. The molecule has 10 nitrogen and oxygen atoms in total. The van der Waals surface area contributed by atoms with Crippen molar-refractivity contribution in [2.45, 2.75) is 121 Å². The fraction of sp³-hybridized carbons (Fsp3) is 0.765. The molecule has 1 unspecified atom stereocenters. The number of aliphatic hydroxyl groups excluding tert-OH is 1. The van der Waals surface area contributed by atoms with E-state index in [0.717, 1.165) is 0 Å². The summed E-state index contributed by atoms with van der Waals surface area (Å²) in [6.45, 7) is 23.4. The molecular weight excluding hydrogens is 642 g/mol. The van der Waals surface area contributed by atoms with Gasteiger partial charge < -0.3 is 29.7 Å². The van der Waals surface area contributed by atoms with Gasteiger partial charge in [-0.3, -0.25) is 19.2 Å². The molecule has 2 bridgehead atoms. The first-order valence-electron chi connectivity index (χ1n) is 16.1. The minimum Gasteiger partial charge on any atom is -0.460 e. The van der Waals surface area contributed by atoms with E-state index < -0.39 is 53.2 Å². The van der Waals surface area contributed by atoms with Crippen molar-refractivity contribution in [3.63, 3.8) is 0 Å². The molecule has 0 radical (unpaired) electrons. The first-order chi connectivity index (χ1) is 20.9. The van der Waals surface area contributed by atoms with Crippen molar-refractivity contribution in [3.8, 4) is 0 Å². The van der Waals surface area contributed by atoms with Gasteiger partial charge in [0.2, 0.25) is 17.7 Å². The molecule has 0 aromatic carbocycles. The average molecular weight is 697 g/mol. The number of esters is 1. The number of carbonyl (C=O) groups excluding carboxylic acids is 4. The topological polar surface area (TPSA) is 125 Å². The third kappa shape index (κ3) is 7.51. The molecule has 3 aliphatic heterocycles. The third-order valence-corrected chi connectivity index (χ3v) is 10.1. The second-order valence-electron chi connectivity index (χ2n) is 15.1. The largest absolute Gasteiger partial charge is 0.460 e. The van der Waals surface area contributed by atoms with Crippen LogP contribution < -0.4 is 5.32 Å². The highest BCUT2D eigenvalue weighted by atomic mass is 79.9. The molecule has 11 heteroatoms. The molecule has 0 aromatic rings. The van der Waals surface area contributed by atoms with E-state index in [4.69, 9.17) is 9.47 Å². The Morgan fingerprint density at radius 1 is 1.20 bits per heavy atom. The summed E-state index contributed by atoms with van der Waals surface area (Å²) in [7, 11) is 0. The normalized spacial score (nSPS) is 28.9. The number of likely N-dealkylation sites (tertiary alicyclic amines) is 1. The number of hydrogen-bond donors (Lipinski definition) is 2. The van der Waals surface area contributed by atoms with Gasteiger partial charge in [-0.2, -0.15) is 0 Å². The second kappa shape index (κ2) is 14.3. The first-order valence-corrected chi connectivity index (χ1v) is 17.0. The van der Waals surface area contributed by atoms with Crippen LogP contribution in [0, 0.1) is 23.2 Å². The number of amides is 3. The van der Waals surface area contributed by atoms with Crippen LogP contribution in [0.25, 0.3) is 0 Å². The molecule has 3 saturated heterocycles. The summed E-state index contributed by atoms with van der Waals surface area (Å²) in [5.41, 5.74) is -1.99. The van der Waals surface area contributed by atoms with Gasteiger partial charge in [-0.1, -0.05) is 62.7 Å². The van der Waals surface area contributed by atoms with Gasteiger partial charge in [-0.25, -0.2) is 0 Å². The van der Waals surface area contributed by atoms with Crippen molar-refractivity contribution in [2.75, 3.05) is 19.7 Å². The summed E-state index contributed by atoms with van der Waals surface area (Å²) in [6, 6.07) is -1.72. The van der Waals surface area contributed by atoms with Gasteiger partial charge in [0.25, 0.3) is 0 Å². The summed E-state index contributed by atoms with van der Waals surface area (Å²) in [6.07, 6.45) is 3.87. The molecule has 3 heterocycles. The molecule has 3 rings (SSSR count). The summed E-state index contributed by atoms with van der Waals surface area (Å²) in [5.74, 6) is -3.55. The van der Waals surface area contributed by atoms with Gasteiger partial charge in [0, 0.05) is 23.3 Å². The van der Waals surface area contributed by atoms with Crippen molar-refractivity contribution in [3.05, 3.63) is 25.3 Å². The lowest BCUT2D eigenvalue weighted by Crippen LogP contribution is -2.63. The van der Waals surface area contributed by atoms with Crippen LogP contribution in [0.15, 0.2) is 25.3 Å². The molecule has 0 aliphatic carbocycles. The number of halogens is 1. The minimum atomic E-state index is -1.29. The Morgan fingerprint density at radius 2 is 1.84 bits per heavy atom. The number of aliphatic hydroxyl groups is 1. The highest BCUT2D eigenvalue weighted by Gasteiger charge is 2.78. The van der Waals surface area contributed by atoms with Crippen molar-refractivity contribution in [1.29, 1.82) is 0 Å². The summed E-state index contributed by atoms with van der Waals surface area (Å²) < 4.78 is 12.5. The zero-order chi connectivity index (χ0) is 34.1. The standard InChI is InChI=1S/C34H54BrN3O7/c1-11-13-14-24(40)36-17-21(5)44-31(43)25-26-29(41)38(23(18-39)20(3)4)28(34(26)16-22(35)27(25)45-34)30(42)37(15-12-2)33(9,10)19-32(6,7)8/h11-12,20-23,25-28,39H,1-2,13-19H2,3-10H3,(H,36,40)/t21-,22?,23+,25-,26+,27-,28-,34+/m1/s1. The van der Waals surface area contributed by atoms with E-state index in [1.807, 2.05) is 27.7 Å². The number of ether oxygens (including phenoxy) is 2. The maximum Gasteiger partial charge on any atom is 0.312 e. The SMILES string of the molecule is C=CCCC(=O)NC[C@@H](C)OC(=O)[C@H]1[C@@H]2O[C@@]3(CC2Br)[C@@H]1C(=O)N([C@@H](CO)C(C)C)[C@@H]3C(=O)N(CC=C)C(C)(C)CC(C)(C)C. The highest BCUT2D eigenvalue weighted by molar-refractivity contribution is 9.09. The molecular formula is C34H54BrN3O7. The van der Waals surface area contributed by atoms with E-state index in [1.165, 1.54) is 4.90 Å². The second-order valence-corrected chi connectivity index (χ2v) is 16.2. The van der Waals surface area contributed by atoms with Gasteiger partial charge >= 0.3 is 5.97 Å². The van der Waals surface area contributed by atoms with Crippen LogP contribution in [0.1, 0.15) is 81.1 Å². The van der Waals surface area contributed by atoms with Crippen molar-refractivity contribution < 1.29 is 33.8 Å². The minimum absolute atomic E-state index is 0.0965. The van der Waals surface area contributed by atoms with Gasteiger partial charge in [0.05, 0.1) is 37.1 Å². The molecule has 0 saturated carbocycles. The Hall–Kier alpha value is -2.24.